The third kappa shape index (κ3) is 3.44. The Labute approximate surface area is 163 Å². The van der Waals surface area contributed by atoms with Crippen molar-refractivity contribution < 1.29 is 9.53 Å². The van der Waals surface area contributed by atoms with Gasteiger partial charge < -0.3 is 10.1 Å². The molecule has 0 unspecified atom stereocenters. The molecule has 0 saturated heterocycles. The van der Waals surface area contributed by atoms with E-state index in [4.69, 9.17) is 12.6 Å². The Kier molecular flexibility index (Phi) is 4.77. The molecular weight excluding hydrogens is 349 g/mol. The highest BCUT2D eigenvalue weighted by atomic mass is 16.5. The second-order valence-electron chi connectivity index (χ2n) is 6.26. The van der Waals surface area contributed by atoms with Gasteiger partial charge in [-0.25, -0.2) is 4.79 Å². The van der Waals surface area contributed by atoms with Crippen molar-refractivity contribution in [1.82, 2.24) is 10.2 Å². The average molecular weight is 365 g/mol. The van der Waals surface area contributed by atoms with E-state index in [0.29, 0.717) is 16.8 Å². The molecule has 5 nitrogen and oxygen atoms in total. The first-order valence-corrected chi connectivity index (χ1v) is 8.72. The molecule has 0 aliphatic heterocycles. The van der Waals surface area contributed by atoms with E-state index >= 15 is 0 Å². The van der Waals surface area contributed by atoms with Crippen LogP contribution in [0.1, 0.15) is 10.4 Å². The summed E-state index contributed by atoms with van der Waals surface area (Å²) in [5, 5.41) is 14.0. The van der Waals surface area contributed by atoms with Crippen molar-refractivity contribution in [3.8, 4) is 11.3 Å². The van der Waals surface area contributed by atoms with Crippen molar-refractivity contribution in [2.75, 3.05) is 12.4 Å². The summed E-state index contributed by atoms with van der Waals surface area (Å²) in [7, 11) is 7.22. The summed E-state index contributed by atoms with van der Waals surface area (Å²) in [6.07, 6.45) is 0. The quantitative estimate of drug-likeness (QED) is 0.442. The predicted molar refractivity (Wildman–Crippen MR) is 111 cm³/mol. The van der Waals surface area contributed by atoms with Gasteiger partial charge in [0.15, 0.2) is 5.82 Å². The second-order valence-corrected chi connectivity index (χ2v) is 6.26. The molecule has 1 N–H and O–H groups in total. The van der Waals surface area contributed by atoms with Crippen LogP contribution in [-0.4, -0.2) is 31.1 Å². The SMILES string of the molecule is [B]c1cccc(Nc2nnc(-c3ccc(C(=O)OC)cc3)c3ccccc23)c1. The molecule has 0 aliphatic rings. The maximum Gasteiger partial charge on any atom is 0.337 e. The van der Waals surface area contributed by atoms with E-state index in [0.717, 1.165) is 27.7 Å². The average Bonchev–Trinajstić information content (AvgIpc) is 2.74. The lowest BCUT2D eigenvalue weighted by atomic mass is 9.96. The molecule has 1 aromatic heterocycles. The number of anilines is 2. The van der Waals surface area contributed by atoms with Crippen molar-refractivity contribution in [3.63, 3.8) is 0 Å². The van der Waals surface area contributed by atoms with Gasteiger partial charge >= 0.3 is 5.97 Å². The van der Waals surface area contributed by atoms with Crippen molar-refractivity contribution in [2.24, 2.45) is 0 Å². The van der Waals surface area contributed by atoms with Gasteiger partial charge in [0.2, 0.25) is 0 Å². The van der Waals surface area contributed by atoms with Gasteiger partial charge in [-0.15, -0.1) is 10.2 Å². The van der Waals surface area contributed by atoms with E-state index < -0.39 is 0 Å². The highest BCUT2D eigenvalue weighted by Crippen LogP contribution is 2.31. The molecule has 2 radical (unpaired) electrons. The molecule has 0 bridgehead atoms. The number of rotatable bonds is 4. The molecule has 0 spiro atoms. The van der Waals surface area contributed by atoms with Crippen molar-refractivity contribution in [1.29, 1.82) is 0 Å². The summed E-state index contributed by atoms with van der Waals surface area (Å²) in [6, 6.07) is 22.5. The molecule has 4 rings (SSSR count). The first kappa shape index (κ1) is 17.7. The number of nitrogens with zero attached hydrogens (tertiary/aromatic N) is 2. The summed E-state index contributed by atoms with van der Waals surface area (Å²) in [4.78, 5) is 11.6. The highest BCUT2D eigenvalue weighted by Gasteiger charge is 2.12. The maximum atomic E-state index is 11.6. The number of ether oxygens (including phenoxy) is 1. The van der Waals surface area contributed by atoms with Gasteiger partial charge in [-0.05, 0) is 24.3 Å². The zero-order chi connectivity index (χ0) is 19.5. The van der Waals surface area contributed by atoms with Crippen molar-refractivity contribution >= 4 is 41.6 Å². The molecule has 0 aliphatic carbocycles. The Hall–Kier alpha value is -3.67. The molecule has 0 amide bonds. The fourth-order valence-corrected chi connectivity index (χ4v) is 3.04. The molecular formula is C22H16BN3O2. The minimum atomic E-state index is -0.371. The number of esters is 1. The Morgan fingerprint density at radius 3 is 2.39 bits per heavy atom. The van der Waals surface area contributed by atoms with Gasteiger partial charge in [-0.3, -0.25) is 0 Å². The van der Waals surface area contributed by atoms with Crippen LogP contribution in [-0.2, 0) is 4.74 Å². The van der Waals surface area contributed by atoms with Gasteiger partial charge in [0.1, 0.15) is 13.5 Å². The molecule has 1 heterocycles. The van der Waals surface area contributed by atoms with Crippen LogP contribution in [0.15, 0.2) is 72.8 Å². The molecule has 6 heteroatoms. The number of carbonyl (C=O) groups is 1. The number of aromatic nitrogens is 2. The molecule has 134 valence electrons. The Morgan fingerprint density at radius 2 is 1.68 bits per heavy atom. The van der Waals surface area contributed by atoms with Gasteiger partial charge in [0, 0.05) is 22.0 Å². The van der Waals surface area contributed by atoms with Gasteiger partial charge in [0.25, 0.3) is 0 Å². The smallest absolute Gasteiger partial charge is 0.337 e. The number of methoxy groups -OCH3 is 1. The summed E-state index contributed by atoms with van der Waals surface area (Å²) in [6.45, 7) is 0. The number of nitrogens with one attached hydrogen (secondary N) is 1. The van der Waals surface area contributed by atoms with E-state index in [-0.39, 0.29) is 5.97 Å². The van der Waals surface area contributed by atoms with Crippen LogP contribution in [0.5, 0.6) is 0 Å². The van der Waals surface area contributed by atoms with E-state index in [1.54, 1.807) is 12.1 Å². The van der Waals surface area contributed by atoms with Crippen LogP contribution in [0, 0.1) is 0 Å². The maximum absolute atomic E-state index is 11.6. The minimum absolute atomic E-state index is 0.371. The standard InChI is InChI=1S/C22H16BN3O2/c1-28-22(27)15-11-9-14(10-12-15)20-18-7-2-3-8-19(18)21(26-25-20)24-17-6-4-5-16(23)13-17/h2-13H,1H3,(H,24,26). The lowest BCUT2D eigenvalue weighted by Gasteiger charge is -2.12. The summed E-state index contributed by atoms with van der Waals surface area (Å²) in [5.41, 5.74) is 3.61. The first-order chi connectivity index (χ1) is 13.7. The summed E-state index contributed by atoms with van der Waals surface area (Å²) < 4.78 is 4.75. The summed E-state index contributed by atoms with van der Waals surface area (Å²) in [5.74, 6) is 0.278. The lowest BCUT2D eigenvalue weighted by Crippen LogP contribution is -2.04. The second kappa shape index (κ2) is 7.52. The van der Waals surface area contributed by atoms with E-state index in [2.05, 4.69) is 15.5 Å². The molecule has 0 atom stereocenters. The Balaban J connectivity index is 1.76. The monoisotopic (exact) mass is 365 g/mol. The van der Waals surface area contributed by atoms with Gasteiger partial charge in [-0.2, -0.15) is 0 Å². The number of fused-ring (bicyclic) bond motifs is 1. The zero-order valence-electron chi connectivity index (χ0n) is 15.2. The Morgan fingerprint density at radius 1 is 0.929 bits per heavy atom. The fraction of sp³-hybridized carbons (Fsp3) is 0.0455. The molecule has 4 aromatic rings. The molecule has 3 aromatic carbocycles. The number of hydrogen-bond acceptors (Lipinski definition) is 5. The minimum Gasteiger partial charge on any atom is -0.465 e. The van der Waals surface area contributed by atoms with Crippen LogP contribution in [0.25, 0.3) is 22.0 Å². The van der Waals surface area contributed by atoms with Crippen molar-refractivity contribution in [2.45, 2.75) is 0 Å². The largest absolute Gasteiger partial charge is 0.465 e. The third-order valence-corrected chi connectivity index (χ3v) is 4.42. The number of hydrogen-bond donors (Lipinski definition) is 1. The predicted octanol–water partition coefficient (Wildman–Crippen LogP) is 3.62. The van der Waals surface area contributed by atoms with Gasteiger partial charge in [-0.1, -0.05) is 54.0 Å². The van der Waals surface area contributed by atoms with Crippen LogP contribution >= 0.6 is 0 Å². The van der Waals surface area contributed by atoms with Crippen LogP contribution in [0.4, 0.5) is 11.5 Å². The lowest BCUT2D eigenvalue weighted by molar-refractivity contribution is 0.0601. The molecule has 28 heavy (non-hydrogen) atoms. The molecule has 0 fully saturated rings. The Bertz CT molecular complexity index is 1160. The number of carbonyl (C=O) groups excluding carboxylic acids is 1. The van der Waals surface area contributed by atoms with E-state index in [9.17, 15) is 4.79 Å². The van der Waals surface area contributed by atoms with Crippen LogP contribution < -0.4 is 10.8 Å². The number of benzene rings is 3. The van der Waals surface area contributed by atoms with E-state index in [1.165, 1.54) is 7.11 Å². The van der Waals surface area contributed by atoms with Crippen LogP contribution in [0.2, 0.25) is 0 Å². The van der Waals surface area contributed by atoms with Crippen LogP contribution in [0.3, 0.4) is 0 Å². The van der Waals surface area contributed by atoms with E-state index in [1.807, 2.05) is 60.7 Å². The van der Waals surface area contributed by atoms with Crippen molar-refractivity contribution in [3.05, 3.63) is 78.4 Å². The zero-order valence-corrected chi connectivity index (χ0v) is 15.2. The topological polar surface area (TPSA) is 64.1 Å². The molecule has 0 saturated carbocycles. The highest BCUT2D eigenvalue weighted by molar-refractivity contribution is 6.32. The first-order valence-electron chi connectivity index (χ1n) is 8.72. The fourth-order valence-electron chi connectivity index (χ4n) is 3.04. The summed E-state index contributed by atoms with van der Waals surface area (Å²) >= 11 is 0. The normalized spacial score (nSPS) is 10.6. The van der Waals surface area contributed by atoms with Gasteiger partial charge in [0.05, 0.1) is 12.7 Å². The third-order valence-electron chi connectivity index (χ3n) is 4.42.